The molecule has 0 aromatic heterocycles. The van der Waals surface area contributed by atoms with Crippen LogP contribution in [0.15, 0.2) is 18.2 Å². The van der Waals surface area contributed by atoms with Crippen molar-refractivity contribution in [3.8, 4) is 0 Å². The molecule has 0 heterocycles. The van der Waals surface area contributed by atoms with Gasteiger partial charge < -0.3 is 10.8 Å². The minimum absolute atomic E-state index is 0.00801. The summed E-state index contributed by atoms with van der Waals surface area (Å²) < 4.78 is 0. The zero-order chi connectivity index (χ0) is 11.4. The van der Waals surface area contributed by atoms with E-state index >= 15 is 0 Å². The minimum Gasteiger partial charge on any atom is -0.398 e. The molecule has 0 atom stereocenters. The van der Waals surface area contributed by atoms with E-state index in [2.05, 4.69) is 0 Å². The molecule has 3 N–H and O–H groups in total. The van der Waals surface area contributed by atoms with Crippen LogP contribution in [0.2, 0.25) is 0 Å². The maximum absolute atomic E-state index is 10.6. The van der Waals surface area contributed by atoms with Crippen LogP contribution in [0.4, 0.5) is 11.4 Å². The lowest BCUT2D eigenvalue weighted by Gasteiger charge is -2.03. The Hall–Kier alpha value is -1.88. The fourth-order valence-corrected chi connectivity index (χ4v) is 1.26. The minimum atomic E-state index is -0.467. The molecule has 0 amide bonds. The topological polar surface area (TPSA) is 89.4 Å². The number of nitro benzene ring substituents is 1. The van der Waals surface area contributed by atoms with Crippen LogP contribution in [-0.4, -0.2) is 16.6 Å². The van der Waals surface area contributed by atoms with Crippen molar-refractivity contribution in [2.24, 2.45) is 0 Å². The van der Waals surface area contributed by atoms with Crippen LogP contribution in [-0.2, 0) is 0 Å². The summed E-state index contributed by atoms with van der Waals surface area (Å²) in [5, 5.41) is 19.2. The molecular formula is C10H12N2O3. The van der Waals surface area contributed by atoms with Gasteiger partial charge in [-0.05, 0) is 18.6 Å². The third-order valence-corrected chi connectivity index (χ3v) is 2.00. The highest BCUT2D eigenvalue weighted by atomic mass is 16.6. The predicted octanol–water partition coefficient (Wildman–Crippen LogP) is 1.49. The summed E-state index contributed by atoms with van der Waals surface area (Å²) >= 11 is 0. The fourth-order valence-electron chi connectivity index (χ4n) is 1.26. The van der Waals surface area contributed by atoms with Gasteiger partial charge in [-0.2, -0.15) is 0 Å². The number of benzene rings is 1. The number of nitrogens with two attached hydrogens (primary N) is 1. The Balaban J connectivity index is 3.19. The highest BCUT2D eigenvalue weighted by Crippen LogP contribution is 2.25. The fraction of sp³-hybridized carbons (Fsp3) is 0.200. The van der Waals surface area contributed by atoms with Crippen molar-refractivity contribution in [1.82, 2.24) is 0 Å². The molecule has 0 saturated carbocycles. The van der Waals surface area contributed by atoms with Gasteiger partial charge in [0, 0.05) is 17.3 Å². The van der Waals surface area contributed by atoms with Crippen molar-refractivity contribution in [2.45, 2.75) is 6.92 Å². The number of anilines is 1. The average molecular weight is 208 g/mol. The smallest absolute Gasteiger partial charge is 0.274 e. The number of nitrogens with zero attached hydrogens (tertiary/aromatic N) is 1. The van der Waals surface area contributed by atoms with Gasteiger partial charge in [-0.15, -0.1) is 0 Å². The van der Waals surface area contributed by atoms with Gasteiger partial charge >= 0.3 is 0 Å². The summed E-state index contributed by atoms with van der Waals surface area (Å²) in [7, 11) is 0. The van der Waals surface area contributed by atoms with Crippen LogP contribution in [0.25, 0.3) is 6.08 Å². The Morgan fingerprint density at radius 2 is 2.27 bits per heavy atom. The number of hydrogen-bond acceptors (Lipinski definition) is 4. The molecule has 1 rings (SSSR count). The first-order chi connectivity index (χ1) is 7.06. The van der Waals surface area contributed by atoms with Gasteiger partial charge in [-0.25, -0.2) is 0 Å². The van der Waals surface area contributed by atoms with Crippen LogP contribution < -0.4 is 5.73 Å². The van der Waals surface area contributed by atoms with Crippen LogP contribution in [0.5, 0.6) is 0 Å². The van der Waals surface area contributed by atoms with E-state index in [1.807, 2.05) is 0 Å². The number of hydrogen-bond donors (Lipinski definition) is 2. The summed E-state index contributed by atoms with van der Waals surface area (Å²) in [6.45, 7) is 1.56. The SMILES string of the molecule is Cc1cc(C=CCO)c(N)cc1[N+](=O)[O-]. The zero-order valence-corrected chi connectivity index (χ0v) is 8.30. The van der Waals surface area contributed by atoms with Crippen molar-refractivity contribution >= 4 is 17.5 Å². The van der Waals surface area contributed by atoms with Crippen LogP contribution in [0.3, 0.4) is 0 Å². The average Bonchev–Trinajstić information content (AvgIpc) is 2.18. The summed E-state index contributed by atoms with van der Waals surface area (Å²) in [5.41, 5.74) is 7.19. The predicted molar refractivity (Wildman–Crippen MR) is 58.4 cm³/mol. The van der Waals surface area contributed by atoms with E-state index in [4.69, 9.17) is 10.8 Å². The molecule has 0 bridgehead atoms. The lowest BCUT2D eigenvalue weighted by atomic mass is 10.1. The molecule has 1 aromatic carbocycles. The number of nitrogen functional groups attached to an aromatic ring is 1. The first kappa shape index (κ1) is 11.2. The standard InChI is InChI=1S/C10H12N2O3/c1-7-5-8(3-2-4-13)9(11)6-10(7)12(14)15/h2-3,5-6,13H,4,11H2,1H3. The van der Waals surface area contributed by atoms with Crippen molar-refractivity contribution in [2.75, 3.05) is 12.3 Å². The largest absolute Gasteiger partial charge is 0.398 e. The van der Waals surface area contributed by atoms with E-state index in [9.17, 15) is 10.1 Å². The van der Waals surface area contributed by atoms with E-state index in [1.54, 1.807) is 19.1 Å². The molecule has 15 heavy (non-hydrogen) atoms. The van der Waals surface area contributed by atoms with Crippen LogP contribution in [0.1, 0.15) is 11.1 Å². The maximum atomic E-state index is 10.6. The van der Waals surface area contributed by atoms with Crippen molar-refractivity contribution < 1.29 is 10.0 Å². The van der Waals surface area contributed by atoms with Gasteiger partial charge in [-0.3, -0.25) is 10.1 Å². The molecule has 0 aliphatic rings. The maximum Gasteiger partial charge on any atom is 0.274 e. The summed E-state index contributed by atoms with van der Waals surface area (Å²) in [6, 6.07) is 2.95. The summed E-state index contributed by atoms with van der Waals surface area (Å²) in [5.74, 6) is 0. The molecule has 0 fully saturated rings. The van der Waals surface area contributed by atoms with Gasteiger partial charge in [0.15, 0.2) is 0 Å². The Morgan fingerprint density at radius 3 is 2.80 bits per heavy atom. The van der Waals surface area contributed by atoms with Crippen molar-refractivity contribution in [1.29, 1.82) is 0 Å². The molecule has 5 heteroatoms. The number of aliphatic hydroxyl groups excluding tert-OH is 1. The van der Waals surface area contributed by atoms with E-state index in [0.29, 0.717) is 16.8 Å². The first-order valence-electron chi connectivity index (χ1n) is 4.38. The van der Waals surface area contributed by atoms with E-state index < -0.39 is 4.92 Å². The molecule has 0 spiro atoms. The normalized spacial score (nSPS) is 10.8. The molecule has 0 radical (unpaired) electrons. The number of nitro groups is 1. The second-order valence-corrected chi connectivity index (χ2v) is 3.11. The lowest BCUT2D eigenvalue weighted by molar-refractivity contribution is -0.385. The van der Waals surface area contributed by atoms with Gasteiger partial charge in [0.05, 0.1) is 11.5 Å². The van der Waals surface area contributed by atoms with Crippen molar-refractivity contribution in [3.63, 3.8) is 0 Å². The Kier molecular flexibility index (Phi) is 3.41. The van der Waals surface area contributed by atoms with Crippen LogP contribution in [0, 0.1) is 17.0 Å². The second-order valence-electron chi connectivity index (χ2n) is 3.11. The van der Waals surface area contributed by atoms with Crippen molar-refractivity contribution in [3.05, 3.63) is 39.4 Å². The molecule has 0 aliphatic carbocycles. The lowest BCUT2D eigenvalue weighted by Crippen LogP contribution is -1.96. The number of aryl methyl sites for hydroxylation is 1. The zero-order valence-electron chi connectivity index (χ0n) is 8.30. The van der Waals surface area contributed by atoms with E-state index in [-0.39, 0.29) is 12.3 Å². The molecule has 0 saturated heterocycles. The Morgan fingerprint density at radius 1 is 1.60 bits per heavy atom. The van der Waals surface area contributed by atoms with Crippen LogP contribution >= 0.6 is 0 Å². The number of aliphatic hydroxyl groups is 1. The third kappa shape index (κ3) is 2.54. The second kappa shape index (κ2) is 4.56. The summed E-state index contributed by atoms with van der Waals surface area (Å²) in [6.07, 6.45) is 3.16. The molecule has 1 aromatic rings. The Labute approximate surface area is 87.0 Å². The third-order valence-electron chi connectivity index (χ3n) is 2.00. The summed E-state index contributed by atoms with van der Waals surface area (Å²) in [4.78, 5) is 10.1. The number of rotatable bonds is 3. The quantitative estimate of drug-likeness (QED) is 0.447. The van der Waals surface area contributed by atoms with Gasteiger partial charge in [0.25, 0.3) is 5.69 Å². The van der Waals surface area contributed by atoms with Gasteiger partial charge in [0.2, 0.25) is 0 Å². The molecule has 0 aliphatic heterocycles. The molecule has 0 unspecified atom stereocenters. The molecule has 5 nitrogen and oxygen atoms in total. The van der Waals surface area contributed by atoms with Gasteiger partial charge in [0.1, 0.15) is 0 Å². The van der Waals surface area contributed by atoms with E-state index in [0.717, 1.165) is 0 Å². The Bertz CT molecular complexity index is 413. The molecule has 80 valence electrons. The monoisotopic (exact) mass is 208 g/mol. The highest BCUT2D eigenvalue weighted by Gasteiger charge is 2.12. The van der Waals surface area contributed by atoms with E-state index in [1.165, 1.54) is 12.1 Å². The first-order valence-corrected chi connectivity index (χ1v) is 4.38. The molecular weight excluding hydrogens is 196 g/mol. The van der Waals surface area contributed by atoms with Gasteiger partial charge in [-0.1, -0.05) is 12.2 Å². The highest BCUT2D eigenvalue weighted by molar-refractivity contribution is 5.69.